The van der Waals surface area contributed by atoms with Crippen LogP contribution in [-0.2, 0) is 11.3 Å². The van der Waals surface area contributed by atoms with E-state index >= 15 is 0 Å². The molecule has 0 saturated heterocycles. The Labute approximate surface area is 87.9 Å². The summed E-state index contributed by atoms with van der Waals surface area (Å²) in [4.78, 5) is 11.1. The molecule has 1 aromatic rings. The van der Waals surface area contributed by atoms with Gasteiger partial charge in [0, 0.05) is 6.54 Å². The number of nitrogens with one attached hydrogen (secondary N) is 1. The van der Waals surface area contributed by atoms with Crippen molar-refractivity contribution in [3.05, 3.63) is 35.9 Å². The Morgan fingerprint density at radius 3 is 2.73 bits per heavy atom. The second-order valence-corrected chi connectivity index (χ2v) is 3.04. The second kappa shape index (κ2) is 5.05. The van der Waals surface area contributed by atoms with Crippen molar-refractivity contribution in [2.45, 2.75) is 13.5 Å². The lowest BCUT2D eigenvalue weighted by atomic mass is 10.2. The fourth-order valence-electron chi connectivity index (χ4n) is 1.08. The number of aromatic hydroxyl groups is 2. The maximum atomic E-state index is 11.1. The van der Waals surface area contributed by atoms with Gasteiger partial charge in [0.05, 0.1) is 0 Å². The van der Waals surface area contributed by atoms with E-state index in [2.05, 4.69) is 5.32 Å². The van der Waals surface area contributed by atoms with E-state index in [1.807, 2.05) is 0 Å². The van der Waals surface area contributed by atoms with Crippen molar-refractivity contribution in [3.63, 3.8) is 0 Å². The Bertz CT molecular complexity index is 385. The molecule has 0 unspecified atom stereocenters. The summed E-state index contributed by atoms with van der Waals surface area (Å²) in [5, 5.41) is 20.9. The molecule has 0 atom stereocenters. The van der Waals surface area contributed by atoms with Crippen molar-refractivity contribution >= 4 is 5.91 Å². The van der Waals surface area contributed by atoms with Crippen LogP contribution in [0.2, 0.25) is 0 Å². The zero-order valence-electron chi connectivity index (χ0n) is 8.40. The van der Waals surface area contributed by atoms with Crippen LogP contribution >= 0.6 is 0 Å². The van der Waals surface area contributed by atoms with Crippen LogP contribution in [0, 0.1) is 0 Å². The first kappa shape index (κ1) is 11.1. The van der Waals surface area contributed by atoms with Gasteiger partial charge in [-0.05, 0) is 30.7 Å². The van der Waals surface area contributed by atoms with Crippen LogP contribution in [0.3, 0.4) is 0 Å². The third-order valence-electron chi connectivity index (χ3n) is 1.82. The first-order valence-electron chi connectivity index (χ1n) is 4.55. The normalized spacial score (nSPS) is 10.5. The maximum absolute atomic E-state index is 11.1. The zero-order chi connectivity index (χ0) is 11.3. The first-order valence-corrected chi connectivity index (χ1v) is 4.55. The third kappa shape index (κ3) is 3.34. The summed E-state index contributed by atoms with van der Waals surface area (Å²) in [7, 11) is 0. The Morgan fingerprint density at radius 2 is 2.13 bits per heavy atom. The molecule has 0 heterocycles. The summed E-state index contributed by atoms with van der Waals surface area (Å²) in [6, 6.07) is 4.42. The van der Waals surface area contributed by atoms with Crippen LogP contribution in [0.15, 0.2) is 30.4 Å². The minimum absolute atomic E-state index is 0.168. The van der Waals surface area contributed by atoms with E-state index in [1.165, 1.54) is 18.2 Å². The maximum Gasteiger partial charge on any atom is 0.243 e. The molecule has 1 amide bonds. The summed E-state index contributed by atoms with van der Waals surface area (Å²) >= 11 is 0. The first-order chi connectivity index (χ1) is 7.13. The number of allylic oxidation sites excluding steroid dienone is 1. The molecule has 0 aromatic heterocycles. The largest absolute Gasteiger partial charge is 0.504 e. The number of hydrogen-bond donors (Lipinski definition) is 3. The number of phenols is 2. The van der Waals surface area contributed by atoms with E-state index in [0.717, 1.165) is 5.56 Å². The highest BCUT2D eigenvalue weighted by molar-refractivity contribution is 5.87. The van der Waals surface area contributed by atoms with Crippen molar-refractivity contribution in [1.29, 1.82) is 0 Å². The topological polar surface area (TPSA) is 69.6 Å². The fourth-order valence-corrected chi connectivity index (χ4v) is 1.08. The van der Waals surface area contributed by atoms with Crippen molar-refractivity contribution in [2.75, 3.05) is 0 Å². The molecule has 0 aliphatic heterocycles. The van der Waals surface area contributed by atoms with E-state index in [0.29, 0.717) is 6.54 Å². The lowest BCUT2D eigenvalue weighted by Gasteiger charge is -2.04. The van der Waals surface area contributed by atoms with Crippen LogP contribution in [0.1, 0.15) is 12.5 Å². The van der Waals surface area contributed by atoms with Crippen LogP contribution in [0.25, 0.3) is 0 Å². The Morgan fingerprint density at radius 1 is 1.40 bits per heavy atom. The van der Waals surface area contributed by atoms with E-state index in [9.17, 15) is 9.90 Å². The molecule has 0 fully saturated rings. The van der Waals surface area contributed by atoms with Gasteiger partial charge in [-0.3, -0.25) is 4.79 Å². The van der Waals surface area contributed by atoms with Crippen molar-refractivity contribution in [3.8, 4) is 11.5 Å². The van der Waals surface area contributed by atoms with Gasteiger partial charge in [-0.25, -0.2) is 0 Å². The van der Waals surface area contributed by atoms with Gasteiger partial charge < -0.3 is 15.5 Å². The predicted molar refractivity (Wildman–Crippen MR) is 56.4 cm³/mol. The second-order valence-electron chi connectivity index (χ2n) is 3.04. The van der Waals surface area contributed by atoms with Gasteiger partial charge in [-0.15, -0.1) is 0 Å². The van der Waals surface area contributed by atoms with E-state index in [1.54, 1.807) is 19.1 Å². The molecule has 80 valence electrons. The molecule has 3 N–H and O–H groups in total. The summed E-state index contributed by atoms with van der Waals surface area (Å²) in [5.74, 6) is -0.545. The van der Waals surface area contributed by atoms with Gasteiger partial charge in [0.15, 0.2) is 11.5 Å². The number of phenolic OH excluding ortho intramolecular Hbond substituents is 2. The summed E-state index contributed by atoms with van der Waals surface area (Å²) in [6.45, 7) is 2.07. The van der Waals surface area contributed by atoms with E-state index in [-0.39, 0.29) is 17.4 Å². The molecule has 0 aliphatic carbocycles. The summed E-state index contributed by atoms with van der Waals surface area (Å²) in [5.41, 5.74) is 0.725. The molecule has 1 aromatic carbocycles. The molecular weight excluding hydrogens is 194 g/mol. The summed E-state index contributed by atoms with van der Waals surface area (Å²) in [6.07, 6.45) is 3.06. The third-order valence-corrected chi connectivity index (χ3v) is 1.82. The summed E-state index contributed by atoms with van der Waals surface area (Å²) < 4.78 is 0. The molecule has 0 spiro atoms. The highest BCUT2D eigenvalue weighted by atomic mass is 16.3. The van der Waals surface area contributed by atoms with Gasteiger partial charge in [0.1, 0.15) is 0 Å². The number of carbonyl (C=O) groups excluding carboxylic acids is 1. The number of hydrogen-bond acceptors (Lipinski definition) is 3. The van der Waals surface area contributed by atoms with Crippen molar-refractivity contribution in [1.82, 2.24) is 5.32 Å². The van der Waals surface area contributed by atoms with E-state index < -0.39 is 0 Å². The lowest BCUT2D eigenvalue weighted by Crippen LogP contribution is -2.20. The molecule has 0 saturated carbocycles. The molecule has 0 radical (unpaired) electrons. The minimum Gasteiger partial charge on any atom is -0.504 e. The molecule has 4 nitrogen and oxygen atoms in total. The number of rotatable bonds is 3. The Hall–Kier alpha value is -1.97. The van der Waals surface area contributed by atoms with Gasteiger partial charge >= 0.3 is 0 Å². The van der Waals surface area contributed by atoms with Crippen LogP contribution < -0.4 is 5.32 Å². The van der Waals surface area contributed by atoms with Gasteiger partial charge in [0.2, 0.25) is 5.91 Å². The van der Waals surface area contributed by atoms with Crippen LogP contribution in [-0.4, -0.2) is 16.1 Å². The zero-order valence-corrected chi connectivity index (χ0v) is 8.40. The highest BCUT2D eigenvalue weighted by Crippen LogP contribution is 2.24. The Balaban J connectivity index is 2.58. The minimum atomic E-state index is -0.190. The van der Waals surface area contributed by atoms with Gasteiger partial charge in [-0.1, -0.05) is 12.1 Å². The predicted octanol–water partition coefficient (Wildman–Crippen LogP) is 1.29. The molecule has 15 heavy (non-hydrogen) atoms. The van der Waals surface area contributed by atoms with E-state index in [4.69, 9.17) is 5.11 Å². The van der Waals surface area contributed by atoms with Crippen LogP contribution in [0.5, 0.6) is 11.5 Å². The van der Waals surface area contributed by atoms with Crippen molar-refractivity contribution < 1.29 is 15.0 Å². The average molecular weight is 207 g/mol. The standard InChI is InChI=1S/C11H13NO3/c1-2-3-11(15)12-7-8-4-5-9(13)10(14)6-8/h2-6,13-14H,7H2,1H3,(H,12,15)/b3-2+. The molecule has 1 rings (SSSR count). The molecule has 0 bridgehead atoms. The monoisotopic (exact) mass is 207 g/mol. The SMILES string of the molecule is C/C=C/C(=O)NCc1ccc(O)c(O)c1. The average Bonchev–Trinajstić information content (AvgIpc) is 2.20. The van der Waals surface area contributed by atoms with Crippen molar-refractivity contribution in [2.24, 2.45) is 0 Å². The number of carbonyl (C=O) groups is 1. The smallest absolute Gasteiger partial charge is 0.243 e. The lowest BCUT2D eigenvalue weighted by molar-refractivity contribution is -0.116. The number of benzene rings is 1. The quantitative estimate of drug-likeness (QED) is 0.516. The van der Waals surface area contributed by atoms with Crippen LogP contribution in [0.4, 0.5) is 0 Å². The molecule has 4 heteroatoms. The van der Waals surface area contributed by atoms with Gasteiger partial charge in [0.25, 0.3) is 0 Å². The number of amides is 1. The van der Waals surface area contributed by atoms with Gasteiger partial charge in [-0.2, -0.15) is 0 Å². The molecular formula is C11H13NO3. The Kier molecular flexibility index (Phi) is 3.74. The fraction of sp³-hybridized carbons (Fsp3) is 0.182. The molecule has 0 aliphatic rings. The highest BCUT2D eigenvalue weighted by Gasteiger charge is 2.01.